The molecule has 3 rings (SSSR count). The van der Waals surface area contributed by atoms with E-state index in [0.717, 1.165) is 0 Å². The first kappa shape index (κ1) is 16.4. The van der Waals surface area contributed by atoms with Crippen LogP contribution in [0.2, 0.25) is 5.02 Å². The van der Waals surface area contributed by atoms with Crippen molar-refractivity contribution in [3.8, 4) is 6.07 Å². The highest BCUT2D eigenvalue weighted by molar-refractivity contribution is 6.30. The normalized spacial score (nSPS) is 9.92. The van der Waals surface area contributed by atoms with Crippen molar-refractivity contribution in [2.24, 2.45) is 0 Å². The Labute approximate surface area is 149 Å². The molecular weight excluding hydrogens is 338 g/mol. The second-order valence-electron chi connectivity index (χ2n) is 5.07. The molecule has 0 radical (unpaired) electrons. The molecule has 3 aromatic rings. The molecule has 0 unspecified atom stereocenters. The van der Waals surface area contributed by atoms with Crippen LogP contribution in [0, 0.1) is 11.3 Å². The second kappa shape index (κ2) is 7.43. The number of rotatable bonds is 4. The first-order valence-corrected chi connectivity index (χ1v) is 7.68. The Morgan fingerprint density at radius 2 is 1.76 bits per heavy atom. The van der Waals surface area contributed by atoms with E-state index in [2.05, 4.69) is 26.7 Å². The van der Waals surface area contributed by atoms with Crippen molar-refractivity contribution in [3.63, 3.8) is 0 Å². The van der Waals surface area contributed by atoms with E-state index in [0.29, 0.717) is 33.5 Å². The van der Waals surface area contributed by atoms with Gasteiger partial charge in [-0.2, -0.15) is 5.26 Å². The molecule has 1 amide bonds. The third kappa shape index (κ3) is 4.31. The lowest BCUT2D eigenvalue weighted by atomic mass is 10.2. The Hall–Kier alpha value is -3.43. The van der Waals surface area contributed by atoms with Crippen LogP contribution in [-0.2, 0) is 0 Å². The number of hydrogen-bond donors (Lipinski definition) is 2. The highest BCUT2D eigenvalue weighted by Crippen LogP contribution is 2.16. The molecule has 0 spiro atoms. The monoisotopic (exact) mass is 349 g/mol. The lowest BCUT2D eigenvalue weighted by molar-refractivity contribution is 0.102. The fourth-order valence-electron chi connectivity index (χ4n) is 2.04. The third-order valence-corrected chi connectivity index (χ3v) is 3.52. The number of carbonyl (C=O) groups is 1. The molecule has 6 nitrogen and oxygen atoms in total. The number of nitriles is 1. The van der Waals surface area contributed by atoms with Crippen LogP contribution in [0.25, 0.3) is 0 Å². The highest BCUT2D eigenvalue weighted by Gasteiger charge is 2.08. The van der Waals surface area contributed by atoms with Crippen LogP contribution in [-0.4, -0.2) is 15.9 Å². The first-order valence-electron chi connectivity index (χ1n) is 7.30. The summed E-state index contributed by atoms with van der Waals surface area (Å²) in [5.41, 5.74) is 2.18. The molecule has 0 aliphatic rings. The number of benzene rings is 2. The van der Waals surface area contributed by atoms with Crippen molar-refractivity contribution in [2.45, 2.75) is 0 Å². The van der Waals surface area contributed by atoms with Gasteiger partial charge in [0.1, 0.15) is 0 Å². The quantitative estimate of drug-likeness (QED) is 0.743. The number of nitrogens with one attached hydrogen (secondary N) is 2. The first-order chi connectivity index (χ1) is 12.1. The Bertz CT molecular complexity index is 933. The van der Waals surface area contributed by atoms with Gasteiger partial charge in [-0.1, -0.05) is 17.7 Å². The van der Waals surface area contributed by atoms with E-state index < -0.39 is 0 Å². The van der Waals surface area contributed by atoms with Crippen molar-refractivity contribution >= 4 is 34.8 Å². The van der Waals surface area contributed by atoms with Gasteiger partial charge in [0.2, 0.25) is 5.95 Å². The Morgan fingerprint density at radius 3 is 2.44 bits per heavy atom. The number of aromatic nitrogens is 2. The van der Waals surface area contributed by atoms with Crippen LogP contribution in [0.1, 0.15) is 15.9 Å². The highest BCUT2D eigenvalue weighted by atomic mass is 35.5. The van der Waals surface area contributed by atoms with Gasteiger partial charge in [0, 0.05) is 28.8 Å². The number of anilines is 3. The average molecular weight is 350 g/mol. The van der Waals surface area contributed by atoms with Gasteiger partial charge >= 0.3 is 0 Å². The number of amides is 1. The van der Waals surface area contributed by atoms with E-state index in [9.17, 15) is 4.79 Å². The summed E-state index contributed by atoms with van der Waals surface area (Å²) in [6.45, 7) is 0. The van der Waals surface area contributed by atoms with Gasteiger partial charge in [-0.05, 0) is 42.5 Å². The summed E-state index contributed by atoms with van der Waals surface area (Å²) >= 11 is 5.81. The summed E-state index contributed by atoms with van der Waals surface area (Å²) in [4.78, 5) is 20.4. The van der Waals surface area contributed by atoms with E-state index in [-0.39, 0.29) is 5.91 Å². The molecule has 2 N–H and O–H groups in total. The summed E-state index contributed by atoms with van der Waals surface area (Å²) in [6.07, 6.45) is 2.85. The van der Waals surface area contributed by atoms with Gasteiger partial charge in [-0.25, -0.2) is 9.97 Å². The standard InChI is InChI=1S/C18H12ClN5O/c19-14-4-6-15(7-5-14)23-17(25)13-10-21-18(22-11-13)24-16-3-1-2-12(8-16)9-20/h1-8,10-11H,(H,23,25)(H,21,22,24). The van der Waals surface area contributed by atoms with Crippen molar-refractivity contribution < 1.29 is 4.79 Å². The number of hydrogen-bond acceptors (Lipinski definition) is 5. The van der Waals surface area contributed by atoms with E-state index in [1.165, 1.54) is 12.4 Å². The molecular formula is C18H12ClN5O. The van der Waals surface area contributed by atoms with E-state index in [4.69, 9.17) is 16.9 Å². The van der Waals surface area contributed by atoms with E-state index >= 15 is 0 Å². The zero-order valence-corrected chi connectivity index (χ0v) is 13.7. The molecule has 1 heterocycles. The van der Waals surface area contributed by atoms with Crippen LogP contribution in [0.4, 0.5) is 17.3 Å². The summed E-state index contributed by atoms with van der Waals surface area (Å²) in [5, 5.41) is 15.2. The largest absolute Gasteiger partial charge is 0.324 e. The predicted octanol–water partition coefficient (Wildman–Crippen LogP) is 4.00. The predicted molar refractivity (Wildman–Crippen MR) is 95.9 cm³/mol. The number of nitrogens with zero attached hydrogens (tertiary/aromatic N) is 3. The molecule has 122 valence electrons. The molecule has 25 heavy (non-hydrogen) atoms. The summed E-state index contributed by atoms with van der Waals surface area (Å²) in [5.74, 6) is 0.0125. The van der Waals surface area contributed by atoms with Crippen molar-refractivity contribution in [1.82, 2.24) is 9.97 Å². The fourth-order valence-corrected chi connectivity index (χ4v) is 2.17. The van der Waals surface area contributed by atoms with Gasteiger partial charge in [0.25, 0.3) is 5.91 Å². The molecule has 0 saturated heterocycles. The smallest absolute Gasteiger partial charge is 0.258 e. The summed E-state index contributed by atoms with van der Waals surface area (Å²) < 4.78 is 0. The van der Waals surface area contributed by atoms with Crippen molar-refractivity contribution in [3.05, 3.63) is 77.1 Å². The topological polar surface area (TPSA) is 90.7 Å². The van der Waals surface area contributed by atoms with E-state index in [1.807, 2.05) is 0 Å². The average Bonchev–Trinajstić information content (AvgIpc) is 2.64. The minimum Gasteiger partial charge on any atom is -0.324 e. The minimum atomic E-state index is -0.319. The maximum absolute atomic E-state index is 12.2. The van der Waals surface area contributed by atoms with Crippen molar-refractivity contribution in [1.29, 1.82) is 5.26 Å². The van der Waals surface area contributed by atoms with Crippen LogP contribution in [0.3, 0.4) is 0 Å². The maximum atomic E-state index is 12.2. The van der Waals surface area contributed by atoms with Gasteiger partial charge in [-0.15, -0.1) is 0 Å². The van der Waals surface area contributed by atoms with Gasteiger partial charge in [-0.3, -0.25) is 4.79 Å². The van der Waals surface area contributed by atoms with E-state index in [1.54, 1.807) is 48.5 Å². The second-order valence-corrected chi connectivity index (χ2v) is 5.51. The Morgan fingerprint density at radius 1 is 1.04 bits per heavy atom. The zero-order valence-electron chi connectivity index (χ0n) is 12.9. The zero-order chi connectivity index (χ0) is 17.6. The number of halogens is 1. The molecule has 0 aliphatic carbocycles. The molecule has 0 fully saturated rings. The van der Waals surface area contributed by atoms with Gasteiger partial charge in [0.15, 0.2) is 0 Å². The Kier molecular flexibility index (Phi) is 4.88. The summed E-state index contributed by atoms with van der Waals surface area (Å²) in [6, 6.07) is 15.8. The molecule has 1 aromatic heterocycles. The Balaban J connectivity index is 1.68. The van der Waals surface area contributed by atoms with Crippen LogP contribution in [0.5, 0.6) is 0 Å². The SMILES string of the molecule is N#Cc1cccc(Nc2ncc(C(=O)Nc3ccc(Cl)cc3)cn2)c1. The molecule has 7 heteroatoms. The lowest BCUT2D eigenvalue weighted by Crippen LogP contribution is -2.13. The molecule has 0 aliphatic heterocycles. The van der Waals surface area contributed by atoms with Gasteiger partial charge in [0.05, 0.1) is 17.2 Å². The van der Waals surface area contributed by atoms with Crippen LogP contribution in [0.15, 0.2) is 60.9 Å². The van der Waals surface area contributed by atoms with Gasteiger partial charge < -0.3 is 10.6 Å². The van der Waals surface area contributed by atoms with Crippen LogP contribution >= 0.6 is 11.6 Å². The minimum absolute atomic E-state index is 0.319. The third-order valence-electron chi connectivity index (χ3n) is 3.26. The number of carbonyl (C=O) groups excluding carboxylic acids is 1. The molecule has 2 aromatic carbocycles. The lowest BCUT2D eigenvalue weighted by Gasteiger charge is -2.07. The molecule has 0 bridgehead atoms. The fraction of sp³-hybridized carbons (Fsp3) is 0. The molecule has 0 atom stereocenters. The molecule has 0 saturated carbocycles. The van der Waals surface area contributed by atoms with Crippen LogP contribution < -0.4 is 10.6 Å². The van der Waals surface area contributed by atoms with Crippen molar-refractivity contribution in [2.75, 3.05) is 10.6 Å². The summed E-state index contributed by atoms with van der Waals surface area (Å²) in [7, 11) is 0. The maximum Gasteiger partial charge on any atom is 0.258 e.